The van der Waals surface area contributed by atoms with Gasteiger partial charge in [0.15, 0.2) is 0 Å². The molecule has 2 aliphatic carbocycles. The third-order valence-corrected chi connectivity index (χ3v) is 11.2. The summed E-state index contributed by atoms with van der Waals surface area (Å²) in [5.41, 5.74) is 2.59. The number of rotatable bonds is 9. The van der Waals surface area contributed by atoms with E-state index in [0.717, 1.165) is 44.3 Å². The normalized spacial score (nSPS) is 23.5. The Morgan fingerprint density at radius 2 is 1.31 bits per heavy atom. The molecule has 0 N–H and O–H groups in total. The van der Waals surface area contributed by atoms with E-state index in [1.165, 1.54) is 36.8 Å². The number of benzene rings is 2. The largest absolute Gasteiger partial charge is 0.179 e. The lowest BCUT2D eigenvalue weighted by Gasteiger charge is -2.58. The molecule has 0 nitrogen and oxygen atoms in total. The van der Waals surface area contributed by atoms with E-state index in [9.17, 15) is 0 Å². The van der Waals surface area contributed by atoms with Crippen LogP contribution in [0.2, 0.25) is 0 Å². The Morgan fingerprint density at radius 3 is 1.88 bits per heavy atom. The van der Waals surface area contributed by atoms with E-state index in [-0.39, 0.29) is 20.2 Å². The van der Waals surface area contributed by atoms with E-state index in [2.05, 4.69) is 73.3 Å². The smallest absolute Gasteiger partial charge is 0.0295 e. The van der Waals surface area contributed by atoms with Crippen molar-refractivity contribution < 1.29 is 0 Å². The second-order valence-corrected chi connectivity index (χ2v) is 12.7. The molecule has 32 heavy (non-hydrogen) atoms. The lowest BCUT2D eigenvalue weighted by Crippen LogP contribution is -2.61. The van der Waals surface area contributed by atoms with Crippen LogP contribution in [-0.4, -0.2) is 20.5 Å². The summed E-state index contributed by atoms with van der Waals surface area (Å²) in [5.74, 6) is 1.22. The average Bonchev–Trinajstić information content (AvgIpc) is 3.47. The molecule has 174 valence electrons. The lowest BCUT2D eigenvalue weighted by molar-refractivity contribution is 0.211. The summed E-state index contributed by atoms with van der Waals surface area (Å²) < 4.78 is -0.193. The minimum atomic E-state index is -0.215. The van der Waals surface area contributed by atoms with Crippen molar-refractivity contribution in [1.29, 1.82) is 0 Å². The molecule has 4 rings (SSSR count). The van der Waals surface area contributed by atoms with E-state index >= 15 is 0 Å². The van der Waals surface area contributed by atoms with Crippen molar-refractivity contribution >= 4 is 50.5 Å². The van der Waals surface area contributed by atoms with Crippen molar-refractivity contribution in [3.8, 4) is 0 Å². The molecule has 0 aliphatic heterocycles. The number of hydrogen-bond donors (Lipinski definition) is 4. The Labute approximate surface area is 217 Å². The van der Waals surface area contributed by atoms with Gasteiger partial charge in [0.05, 0.1) is 0 Å². The highest BCUT2D eigenvalue weighted by molar-refractivity contribution is 7.86. The van der Waals surface area contributed by atoms with E-state index < -0.39 is 0 Å². The minimum Gasteiger partial charge on any atom is -0.179 e. The molecule has 4 heteroatoms. The summed E-state index contributed by atoms with van der Waals surface area (Å²) in [6.45, 7) is 0. The van der Waals surface area contributed by atoms with Crippen LogP contribution in [0.25, 0.3) is 0 Å². The third-order valence-electron chi connectivity index (χ3n) is 8.26. The third kappa shape index (κ3) is 4.43. The van der Waals surface area contributed by atoms with E-state index in [1.54, 1.807) is 0 Å². The molecular weight excluding hydrogens is 465 g/mol. The molecule has 0 heterocycles. The molecule has 0 bridgehead atoms. The number of hydrogen-bond acceptors (Lipinski definition) is 4. The van der Waals surface area contributed by atoms with Gasteiger partial charge in [0.2, 0.25) is 0 Å². The second-order valence-electron chi connectivity index (χ2n) is 10.0. The summed E-state index contributed by atoms with van der Waals surface area (Å²) in [7, 11) is 0. The molecule has 2 aromatic rings. The first-order valence-corrected chi connectivity index (χ1v) is 14.4. The van der Waals surface area contributed by atoms with Gasteiger partial charge in [-0.15, -0.1) is 0 Å². The predicted molar refractivity (Wildman–Crippen MR) is 154 cm³/mol. The highest BCUT2D eigenvalue weighted by Crippen LogP contribution is 2.64. The first-order chi connectivity index (χ1) is 15.5. The van der Waals surface area contributed by atoms with Crippen molar-refractivity contribution in [3.05, 3.63) is 71.8 Å². The fourth-order valence-corrected chi connectivity index (χ4v) is 9.18. The van der Waals surface area contributed by atoms with E-state index in [4.69, 9.17) is 37.9 Å². The summed E-state index contributed by atoms with van der Waals surface area (Å²) in [5, 5.41) is 0.115. The molecule has 0 amide bonds. The lowest BCUT2D eigenvalue weighted by atomic mass is 9.54. The maximum absolute atomic E-state index is 5.65. The van der Waals surface area contributed by atoms with Gasteiger partial charge in [0.1, 0.15) is 0 Å². The van der Waals surface area contributed by atoms with Crippen LogP contribution < -0.4 is 0 Å². The van der Waals surface area contributed by atoms with Crippen molar-refractivity contribution in [2.24, 2.45) is 0 Å². The van der Waals surface area contributed by atoms with Gasteiger partial charge in [0.25, 0.3) is 0 Å². The first-order valence-electron chi connectivity index (χ1n) is 12.3. The average molecular weight is 503 g/mol. The summed E-state index contributed by atoms with van der Waals surface area (Å²) in [6.07, 6.45) is 11.7. The fraction of sp³-hybridized carbons (Fsp3) is 0.571. The summed E-state index contributed by atoms with van der Waals surface area (Å²) in [6, 6.07) is 22.4. The van der Waals surface area contributed by atoms with Crippen LogP contribution in [0.3, 0.4) is 0 Å². The van der Waals surface area contributed by atoms with Crippen LogP contribution in [0.15, 0.2) is 60.7 Å². The highest BCUT2D eigenvalue weighted by atomic mass is 32.1. The van der Waals surface area contributed by atoms with Gasteiger partial charge in [0, 0.05) is 20.2 Å². The quantitative estimate of drug-likeness (QED) is 0.244. The SMILES string of the molecule is SCCCC(c1ccccc1)C(c1ccccc1)(C(S)C1(S)CCCC1)C1(S)CCCC1. The standard InChI is InChI=1S/C28H38S4/c29-21-11-16-24(22-12-3-1-4-13-22)28(23-14-5-2-6-15-23,27(32)19-9-10-20-27)25(30)26(31)17-7-8-18-26/h1-6,12-15,24-25,29-32H,7-11,16-21H2. The molecule has 0 aromatic heterocycles. The summed E-state index contributed by atoms with van der Waals surface area (Å²) in [4.78, 5) is 0. The first kappa shape index (κ1) is 24.9. The predicted octanol–water partition coefficient (Wildman–Crippen LogP) is 8.20. The van der Waals surface area contributed by atoms with E-state index in [1.807, 2.05) is 0 Å². The molecule has 2 aromatic carbocycles. The molecule has 0 spiro atoms. The van der Waals surface area contributed by atoms with Gasteiger partial charge in [-0.1, -0.05) is 86.3 Å². The van der Waals surface area contributed by atoms with Crippen LogP contribution in [0.5, 0.6) is 0 Å². The Bertz CT molecular complexity index is 840. The van der Waals surface area contributed by atoms with Gasteiger partial charge in [-0.2, -0.15) is 50.5 Å². The maximum atomic E-state index is 5.65. The van der Waals surface area contributed by atoms with Crippen molar-refractivity contribution in [2.45, 2.75) is 90.3 Å². The number of thiol groups is 4. The Morgan fingerprint density at radius 1 is 0.781 bits per heavy atom. The van der Waals surface area contributed by atoms with Crippen molar-refractivity contribution in [1.82, 2.24) is 0 Å². The summed E-state index contributed by atoms with van der Waals surface area (Å²) >= 11 is 21.3. The Kier molecular flexibility index (Phi) is 8.28. The van der Waals surface area contributed by atoms with Gasteiger partial charge >= 0.3 is 0 Å². The van der Waals surface area contributed by atoms with Gasteiger partial charge in [-0.05, 0) is 61.3 Å². The molecule has 3 atom stereocenters. The zero-order valence-electron chi connectivity index (χ0n) is 19.0. The Hall–Kier alpha value is -0.160. The molecule has 2 saturated carbocycles. The van der Waals surface area contributed by atoms with Crippen molar-refractivity contribution in [2.75, 3.05) is 5.75 Å². The zero-order chi connectivity index (χ0) is 22.7. The molecule has 2 aliphatic rings. The molecular formula is C28H38S4. The van der Waals surface area contributed by atoms with Crippen LogP contribution >= 0.6 is 50.5 Å². The van der Waals surface area contributed by atoms with Crippen LogP contribution in [0.1, 0.15) is 81.3 Å². The van der Waals surface area contributed by atoms with Crippen molar-refractivity contribution in [3.63, 3.8) is 0 Å². The topological polar surface area (TPSA) is 0 Å². The van der Waals surface area contributed by atoms with Crippen LogP contribution in [-0.2, 0) is 5.41 Å². The molecule has 3 unspecified atom stereocenters. The fourth-order valence-electron chi connectivity index (χ4n) is 6.81. The van der Waals surface area contributed by atoms with E-state index in [0.29, 0.717) is 5.92 Å². The van der Waals surface area contributed by atoms with Gasteiger partial charge in [-0.25, -0.2) is 0 Å². The van der Waals surface area contributed by atoms with Crippen LogP contribution in [0.4, 0.5) is 0 Å². The highest BCUT2D eigenvalue weighted by Gasteiger charge is 2.62. The molecule has 2 fully saturated rings. The second kappa shape index (κ2) is 10.6. The molecule has 0 saturated heterocycles. The zero-order valence-corrected chi connectivity index (χ0v) is 22.6. The Balaban J connectivity index is 2.00. The maximum Gasteiger partial charge on any atom is 0.0295 e. The van der Waals surface area contributed by atoms with Gasteiger partial charge in [-0.3, -0.25) is 0 Å². The van der Waals surface area contributed by atoms with Crippen LogP contribution in [0, 0.1) is 0 Å². The van der Waals surface area contributed by atoms with Gasteiger partial charge < -0.3 is 0 Å². The minimum absolute atomic E-state index is 0.0781. The monoisotopic (exact) mass is 502 g/mol. The molecule has 0 radical (unpaired) electrons.